The van der Waals surface area contributed by atoms with E-state index in [1.165, 1.54) is 0 Å². The Kier molecular flexibility index (Phi) is 7.53. The van der Waals surface area contributed by atoms with Crippen LogP contribution in [-0.2, 0) is 9.84 Å². The van der Waals surface area contributed by atoms with Crippen molar-refractivity contribution in [1.29, 1.82) is 0 Å². The molecule has 0 radical (unpaired) electrons. The highest BCUT2D eigenvalue weighted by Crippen LogP contribution is 2.25. The molecule has 1 aromatic rings. The molecule has 3 atom stereocenters. The molecule has 1 aromatic carbocycles. The highest BCUT2D eigenvalue weighted by atomic mass is 32.2. The summed E-state index contributed by atoms with van der Waals surface area (Å²) in [6.07, 6.45) is 0.879. The number of hydrogen-bond donors (Lipinski definition) is 2. The minimum atomic E-state index is -3.23. The molecule has 0 aliphatic carbocycles. The van der Waals surface area contributed by atoms with E-state index in [2.05, 4.69) is 0 Å². The second-order valence-corrected chi connectivity index (χ2v) is 8.06. The first-order valence-electron chi connectivity index (χ1n) is 8.00. The fraction of sp³-hybridized carbons (Fsp3) is 0.647. The molecule has 0 saturated heterocycles. The molecule has 0 bridgehead atoms. The molecule has 0 saturated carbocycles. The Morgan fingerprint density at radius 1 is 1.09 bits per heavy atom. The van der Waals surface area contributed by atoms with Crippen LogP contribution in [-0.4, -0.2) is 36.6 Å². The van der Waals surface area contributed by atoms with Gasteiger partial charge in [-0.1, -0.05) is 39.3 Å². The zero-order valence-corrected chi connectivity index (χ0v) is 14.5. The fourth-order valence-corrected chi connectivity index (χ4v) is 3.92. The third-order valence-electron chi connectivity index (χ3n) is 3.88. The van der Waals surface area contributed by atoms with E-state index in [9.17, 15) is 18.6 Å². The molecule has 0 aliphatic rings. The Balaban J connectivity index is 2.85. The van der Waals surface area contributed by atoms with Crippen LogP contribution >= 0.6 is 0 Å². The Hall–Kier alpha value is -0.910. The fourth-order valence-electron chi connectivity index (χ4n) is 2.54. The van der Waals surface area contributed by atoms with E-state index in [4.69, 9.17) is 0 Å². The van der Waals surface area contributed by atoms with Crippen LogP contribution in [0, 0.1) is 0 Å². The maximum atomic E-state index is 12.1. The van der Waals surface area contributed by atoms with Crippen LogP contribution in [0.3, 0.4) is 0 Å². The van der Waals surface area contributed by atoms with Gasteiger partial charge in [0.25, 0.3) is 0 Å². The molecule has 0 aromatic heterocycles. The Morgan fingerprint density at radius 3 is 2.36 bits per heavy atom. The van der Waals surface area contributed by atoms with E-state index < -0.39 is 22.0 Å². The zero-order valence-electron chi connectivity index (χ0n) is 13.7. The summed E-state index contributed by atoms with van der Waals surface area (Å²) in [7, 11) is -3.23. The van der Waals surface area contributed by atoms with Gasteiger partial charge in [0.05, 0.1) is 22.9 Å². The van der Waals surface area contributed by atoms with Gasteiger partial charge in [0.2, 0.25) is 0 Å². The van der Waals surface area contributed by atoms with Gasteiger partial charge in [-0.15, -0.1) is 0 Å². The van der Waals surface area contributed by atoms with Gasteiger partial charge in [0.1, 0.15) is 0 Å². The predicted molar refractivity (Wildman–Crippen MR) is 88.7 cm³/mol. The van der Waals surface area contributed by atoms with Crippen molar-refractivity contribution >= 4 is 9.84 Å². The maximum Gasteiger partial charge on any atom is 0.178 e. The monoisotopic (exact) mass is 328 g/mol. The molecular weight excluding hydrogens is 300 g/mol. The van der Waals surface area contributed by atoms with Gasteiger partial charge in [-0.05, 0) is 42.9 Å². The van der Waals surface area contributed by atoms with Crippen LogP contribution in [0.5, 0.6) is 0 Å². The Morgan fingerprint density at radius 2 is 1.77 bits per heavy atom. The molecule has 0 fully saturated rings. The summed E-state index contributed by atoms with van der Waals surface area (Å²) in [5.74, 6) is 0.126. The molecule has 3 unspecified atom stereocenters. The van der Waals surface area contributed by atoms with Gasteiger partial charge < -0.3 is 10.2 Å². The van der Waals surface area contributed by atoms with E-state index in [1.54, 1.807) is 18.2 Å². The summed E-state index contributed by atoms with van der Waals surface area (Å²) in [6, 6.07) is 6.91. The summed E-state index contributed by atoms with van der Waals surface area (Å²) in [6.45, 7) is 5.74. The number of rotatable bonds is 9. The van der Waals surface area contributed by atoms with Crippen LogP contribution < -0.4 is 0 Å². The van der Waals surface area contributed by atoms with Crippen molar-refractivity contribution < 1.29 is 18.6 Å². The third-order valence-corrected chi connectivity index (χ3v) is 5.80. The molecule has 5 heteroatoms. The lowest BCUT2D eigenvalue weighted by atomic mass is 9.92. The normalized spacial score (nSPS) is 16.2. The Bertz CT molecular complexity index is 554. The largest absolute Gasteiger partial charge is 0.390 e. The lowest BCUT2D eigenvalue weighted by Crippen LogP contribution is -2.27. The standard InChI is InChI=1S/C17H28O4S/c1-4-7-16(18)17(19)11-13(3)14-8-6-9-15(12-14)22(20,21)10-5-2/h6,8-9,12-13,16-19H,4-5,7,10-11H2,1-3H3. The number of aliphatic hydroxyl groups is 2. The minimum Gasteiger partial charge on any atom is -0.390 e. The van der Waals surface area contributed by atoms with Crippen molar-refractivity contribution in [2.45, 2.75) is 69.5 Å². The quantitative estimate of drug-likeness (QED) is 0.731. The van der Waals surface area contributed by atoms with Gasteiger partial charge in [0.15, 0.2) is 9.84 Å². The van der Waals surface area contributed by atoms with Gasteiger partial charge in [-0.3, -0.25) is 0 Å². The van der Waals surface area contributed by atoms with Gasteiger partial charge in [0, 0.05) is 0 Å². The first-order chi connectivity index (χ1) is 10.3. The van der Waals surface area contributed by atoms with E-state index in [-0.39, 0.29) is 11.7 Å². The summed E-state index contributed by atoms with van der Waals surface area (Å²) in [5, 5.41) is 19.8. The van der Waals surface area contributed by atoms with E-state index >= 15 is 0 Å². The van der Waals surface area contributed by atoms with Crippen molar-refractivity contribution in [3.63, 3.8) is 0 Å². The second kappa shape index (κ2) is 8.65. The van der Waals surface area contributed by atoms with Crippen LogP contribution in [0.15, 0.2) is 29.2 Å². The third kappa shape index (κ3) is 5.38. The molecule has 0 amide bonds. The molecule has 1 rings (SSSR count). The van der Waals surface area contributed by atoms with Crippen molar-refractivity contribution in [1.82, 2.24) is 0 Å². The SMILES string of the molecule is CCCC(O)C(O)CC(C)c1cccc(S(=O)(=O)CCC)c1. The van der Waals surface area contributed by atoms with Crippen LogP contribution in [0.1, 0.15) is 57.9 Å². The van der Waals surface area contributed by atoms with Crippen molar-refractivity contribution in [3.8, 4) is 0 Å². The smallest absolute Gasteiger partial charge is 0.178 e. The predicted octanol–water partition coefficient (Wildman–Crippen LogP) is 2.89. The first-order valence-corrected chi connectivity index (χ1v) is 9.65. The number of hydrogen-bond acceptors (Lipinski definition) is 4. The second-order valence-electron chi connectivity index (χ2n) is 5.95. The highest BCUT2D eigenvalue weighted by Gasteiger charge is 2.20. The zero-order chi connectivity index (χ0) is 16.8. The van der Waals surface area contributed by atoms with E-state index in [0.717, 1.165) is 12.0 Å². The molecule has 0 heterocycles. The molecule has 0 aliphatic heterocycles. The van der Waals surface area contributed by atoms with Crippen LogP contribution in [0.25, 0.3) is 0 Å². The summed E-state index contributed by atoms with van der Waals surface area (Å²) >= 11 is 0. The summed E-state index contributed by atoms with van der Waals surface area (Å²) < 4.78 is 24.3. The highest BCUT2D eigenvalue weighted by molar-refractivity contribution is 7.91. The molecule has 0 spiro atoms. The first kappa shape index (κ1) is 19.1. The summed E-state index contributed by atoms with van der Waals surface area (Å²) in [4.78, 5) is 0.335. The Labute approximate surface area is 134 Å². The minimum absolute atomic E-state index is 0.0155. The topological polar surface area (TPSA) is 74.6 Å². The summed E-state index contributed by atoms with van der Waals surface area (Å²) in [5.41, 5.74) is 0.875. The van der Waals surface area contributed by atoms with Gasteiger partial charge >= 0.3 is 0 Å². The maximum absolute atomic E-state index is 12.1. The lowest BCUT2D eigenvalue weighted by molar-refractivity contribution is 0.00637. The average Bonchev–Trinajstić information content (AvgIpc) is 2.47. The average molecular weight is 328 g/mol. The van der Waals surface area contributed by atoms with Crippen LogP contribution in [0.2, 0.25) is 0 Å². The van der Waals surface area contributed by atoms with Crippen molar-refractivity contribution in [2.75, 3.05) is 5.75 Å². The molecule has 126 valence electrons. The van der Waals surface area contributed by atoms with Gasteiger partial charge in [-0.2, -0.15) is 0 Å². The molecule has 2 N–H and O–H groups in total. The van der Waals surface area contributed by atoms with E-state index in [1.807, 2.05) is 26.8 Å². The van der Waals surface area contributed by atoms with Crippen molar-refractivity contribution in [2.24, 2.45) is 0 Å². The van der Waals surface area contributed by atoms with E-state index in [0.29, 0.717) is 24.2 Å². The molecule has 22 heavy (non-hydrogen) atoms. The van der Waals surface area contributed by atoms with Crippen LogP contribution in [0.4, 0.5) is 0 Å². The molecule has 4 nitrogen and oxygen atoms in total. The lowest BCUT2D eigenvalue weighted by Gasteiger charge is -2.21. The number of benzene rings is 1. The molecular formula is C17H28O4S. The van der Waals surface area contributed by atoms with Gasteiger partial charge in [-0.25, -0.2) is 8.42 Å². The number of sulfone groups is 1. The number of aliphatic hydroxyl groups excluding tert-OH is 2. The van der Waals surface area contributed by atoms with Crippen molar-refractivity contribution in [3.05, 3.63) is 29.8 Å².